The molecule has 2 aliphatic rings. The van der Waals surface area contributed by atoms with Gasteiger partial charge in [0, 0.05) is 112 Å². The van der Waals surface area contributed by atoms with Gasteiger partial charge in [-0.2, -0.15) is 0 Å². The summed E-state index contributed by atoms with van der Waals surface area (Å²) in [6, 6.07) is 16.8. The summed E-state index contributed by atoms with van der Waals surface area (Å²) in [5.74, 6) is -0.164. The van der Waals surface area contributed by atoms with Crippen molar-refractivity contribution >= 4 is 78.4 Å². The topological polar surface area (TPSA) is 233 Å². The summed E-state index contributed by atoms with van der Waals surface area (Å²) >= 11 is 3.03. The molecule has 0 radical (unpaired) electrons. The van der Waals surface area contributed by atoms with E-state index in [9.17, 15) is 19.2 Å². The fraction of sp³-hybridized carbons (Fsp3) is 0.629. The van der Waals surface area contributed by atoms with E-state index < -0.39 is 11.2 Å². The highest BCUT2D eigenvalue weighted by Gasteiger charge is 2.25. The molecule has 4 aromatic heterocycles. The number of ether oxygens (including phenoxy) is 8. The smallest absolute Gasteiger partial charge is 0.332 e. The van der Waals surface area contributed by atoms with Crippen LogP contribution in [0.25, 0.3) is 21.8 Å². The van der Waals surface area contributed by atoms with Crippen molar-refractivity contribution in [3.63, 3.8) is 0 Å². The number of hydrogen-bond acceptors (Lipinski definition) is 20. The minimum Gasteiger partial charge on any atom is -0.458 e. The lowest BCUT2D eigenvalue weighted by molar-refractivity contribution is -0.161. The number of thiazole rings is 2. The number of Topliss-reactive ketones (excluding diaryl/α,β-unsaturated/α-hetero) is 1. The van der Waals surface area contributed by atoms with Crippen molar-refractivity contribution in [1.29, 1.82) is 0 Å². The number of nitrogens with one attached hydrogen (secondary N) is 4. The Labute approximate surface area is 560 Å². The van der Waals surface area contributed by atoms with Gasteiger partial charge < -0.3 is 68.3 Å². The summed E-state index contributed by atoms with van der Waals surface area (Å²) in [7, 11) is 0. The number of rotatable bonds is 38. The van der Waals surface area contributed by atoms with Crippen molar-refractivity contribution in [2.24, 2.45) is 5.92 Å². The van der Waals surface area contributed by atoms with Gasteiger partial charge in [0.05, 0.1) is 76.7 Å². The summed E-state index contributed by atoms with van der Waals surface area (Å²) in [5.41, 5.74) is 3.88. The molecule has 6 aromatic rings. The molecule has 0 aliphatic carbocycles. The molecule has 93 heavy (non-hydrogen) atoms. The fourth-order valence-electron chi connectivity index (χ4n) is 10.6. The maximum atomic E-state index is 13.3. The van der Waals surface area contributed by atoms with Crippen molar-refractivity contribution < 1.29 is 57.1 Å². The number of benzene rings is 2. The number of anilines is 2. The molecule has 8 rings (SSSR count). The molecular weight excluding hydrogens is 1220 g/mol. The molecule has 2 atom stereocenters. The van der Waals surface area contributed by atoms with Crippen molar-refractivity contribution in [2.75, 3.05) is 148 Å². The largest absolute Gasteiger partial charge is 0.458 e. The first-order valence-corrected chi connectivity index (χ1v) is 35.2. The number of aromatic nitrogens is 4. The first-order valence-electron chi connectivity index (χ1n) is 33.6. The summed E-state index contributed by atoms with van der Waals surface area (Å²) in [4.78, 5) is 73.4. The van der Waals surface area contributed by atoms with Crippen LogP contribution in [-0.4, -0.2) is 204 Å². The third kappa shape index (κ3) is 29.4. The van der Waals surface area contributed by atoms with E-state index in [1.165, 1.54) is 38.8 Å². The lowest BCUT2D eigenvalue weighted by Gasteiger charge is -2.34. The van der Waals surface area contributed by atoms with Crippen molar-refractivity contribution in [3.8, 4) is 0 Å². The van der Waals surface area contributed by atoms with Gasteiger partial charge in [0.15, 0.2) is 16.0 Å². The monoisotopic (exact) mass is 1330 g/mol. The number of unbranched alkanes of at least 4 members (excludes halogenated alkanes) is 2. The van der Waals surface area contributed by atoms with Crippen LogP contribution >= 0.6 is 22.7 Å². The predicted molar refractivity (Wildman–Crippen MR) is 372 cm³/mol. The van der Waals surface area contributed by atoms with E-state index in [4.69, 9.17) is 37.9 Å². The Morgan fingerprint density at radius 1 is 0.559 bits per heavy atom. The summed E-state index contributed by atoms with van der Waals surface area (Å²) in [6.07, 6.45) is 17.5. The Hall–Kier alpha value is -5.86. The Kier molecular flexibility index (Phi) is 34.3. The molecule has 516 valence electrons. The van der Waals surface area contributed by atoms with E-state index in [-0.39, 0.29) is 42.9 Å². The maximum absolute atomic E-state index is 13.3. The van der Waals surface area contributed by atoms with Crippen LogP contribution in [-0.2, 0) is 60.3 Å². The summed E-state index contributed by atoms with van der Waals surface area (Å²) in [5, 5.41) is 11.0. The molecule has 2 aromatic carbocycles. The van der Waals surface area contributed by atoms with Gasteiger partial charge in [-0.25, -0.2) is 19.6 Å². The van der Waals surface area contributed by atoms with Crippen LogP contribution in [0.15, 0.2) is 73.3 Å². The number of carbonyl (C=O) groups is 4. The Balaban J connectivity index is 0.000000248. The van der Waals surface area contributed by atoms with Crippen LogP contribution in [0.4, 0.5) is 10.3 Å². The van der Waals surface area contributed by atoms with E-state index in [2.05, 4.69) is 121 Å². The number of fused-ring (bicyclic) bond motifs is 2. The van der Waals surface area contributed by atoms with Crippen LogP contribution < -0.4 is 20.4 Å². The molecule has 21 nitrogen and oxygen atoms in total. The van der Waals surface area contributed by atoms with Crippen LogP contribution in [0.2, 0.25) is 0 Å². The van der Waals surface area contributed by atoms with E-state index >= 15 is 0 Å². The molecule has 2 saturated heterocycles. The highest BCUT2D eigenvalue weighted by molar-refractivity contribution is 7.17. The second kappa shape index (κ2) is 41.9. The minimum absolute atomic E-state index is 0.0348. The van der Waals surface area contributed by atoms with E-state index in [0.29, 0.717) is 76.7 Å². The van der Waals surface area contributed by atoms with Gasteiger partial charge in [-0.15, -0.1) is 0 Å². The molecular formula is C70H107N9O12S2. The average Bonchev–Trinajstić information content (AvgIpc) is 1.75. The van der Waals surface area contributed by atoms with Gasteiger partial charge in [-0.05, 0) is 103 Å². The van der Waals surface area contributed by atoms with Gasteiger partial charge in [0.25, 0.3) is 5.91 Å². The molecule has 4 N–H and O–H groups in total. The zero-order valence-electron chi connectivity index (χ0n) is 57.0. The van der Waals surface area contributed by atoms with Crippen LogP contribution in [0.1, 0.15) is 144 Å². The second-order valence-electron chi connectivity index (χ2n) is 25.4. The predicted octanol–water partition coefficient (Wildman–Crippen LogP) is 11.1. The van der Waals surface area contributed by atoms with Gasteiger partial charge in [0.2, 0.25) is 0 Å². The first-order chi connectivity index (χ1) is 44.9. The highest BCUT2D eigenvalue weighted by atomic mass is 32.1. The zero-order valence-corrected chi connectivity index (χ0v) is 58.6. The molecule has 1 amide bonds. The molecule has 0 spiro atoms. The van der Waals surface area contributed by atoms with E-state index in [1.807, 2.05) is 47.6 Å². The number of carbonyl (C=O) groups excluding carboxylic acids is 4. The van der Waals surface area contributed by atoms with E-state index in [0.717, 1.165) is 144 Å². The number of esters is 2. The Bertz CT molecular complexity index is 3070. The van der Waals surface area contributed by atoms with Crippen LogP contribution in [0, 0.1) is 5.92 Å². The number of piperazine rings is 2. The standard InChI is InChI=1S/C34H51N5O6S.C23H30N4OS.C13H26O5/c1-5-6-9-27(22-26-23-35-29-11-8-7-10-28(26)29)37-32(41)30-24-36-33(46-30)39-14-12-38(13-15-39)16-17-42-18-19-43-20-21-44-25-31(40)45-34(2,3)4;1-2-3-6-17(13-18-15-25-20-8-5-4-7-19(18)20)14-21(28)22-16-26-23(29-22)27-11-9-24-10-12-27;1-5-6-15-7-8-16-9-10-17-11-12(14)18-13(2,3)4/h7-8,10-11,23-24,27,35H,5-6,9,12-22,25H2,1-4H3,(H,37,41);4-5,7-8,15-17,24-25H,2-3,6,9-14H2,1H3;5-11H2,1-4H3. The van der Waals surface area contributed by atoms with E-state index in [1.54, 1.807) is 23.7 Å². The second-order valence-corrected chi connectivity index (χ2v) is 27.4. The molecule has 0 saturated carbocycles. The number of H-pyrrole nitrogens is 2. The van der Waals surface area contributed by atoms with Crippen LogP contribution in [0.3, 0.4) is 0 Å². The van der Waals surface area contributed by atoms with Crippen molar-refractivity contribution in [2.45, 2.75) is 144 Å². The molecule has 23 heteroatoms. The molecule has 2 unspecified atom stereocenters. The quantitative estimate of drug-likeness (QED) is 0.0160. The van der Waals surface area contributed by atoms with Gasteiger partial charge in [-0.1, -0.05) is 106 Å². The Morgan fingerprint density at radius 3 is 1.57 bits per heavy atom. The van der Waals surface area contributed by atoms with Crippen LogP contribution in [0.5, 0.6) is 0 Å². The highest BCUT2D eigenvalue weighted by Crippen LogP contribution is 2.30. The normalized spacial score (nSPS) is 14.5. The average molecular weight is 1330 g/mol. The summed E-state index contributed by atoms with van der Waals surface area (Å²) < 4.78 is 42.4. The number of hydrogen-bond donors (Lipinski definition) is 4. The van der Waals surface area contributed by atoms with Crippen molar-refractivity contribution in [3.05, 3.63) is 94.2 Å². The number of aromatic amines is 2. The van der Waals surface area contributed by atoms with Gasteiger partial charge >= 0.3 is 11.9 Å². The number of ketones is 1. The number of amides is 1. The maximum Gasteiger partial charge on any atom is 0.332 e. The van der Waals surface area contributed by atoms with Gasteiger partial charge in [0.1, 0.15) is 29.3 Å². The minimum atomic E-state index is -0.509. The number of nitrogens with zero attached hydrogens (tertiary/aromatic N) is 5. The lowest BCUT2D eigenvalue weighted by Crippen LogP contribution is -2.47. The molecule has 2 aliphatic heterocycles. The zero-order chi connectivity index (χ0) is 66.7. The molecule has 0 bridgehead atoms. The Morgan fingerprint density at radius 2 is 1.03 bits per heavy atom. The molecule has 2 fully saturated rings. The summed E-state index contributed by atoms with van der Waals surface area (Å²) in [6.45, 7) is 30.7. The first kappa shape index (κ1) is 76.2. The third-order valence-corrected chi connectivity index (χ3v) is 17.3. The molecule has 6 heterocycles. The third-order valence-electron chi connectivity index (χ3n) is 15.2. The SMILES string of the molecule is CCCCC(CC(=O)c1cnc(N2CCNCC2)s1)Cc1c[nH]c2ccccc12.CCCCC(Cc1c[nH]c2ccccc12)NC(=O)c1cnc(N2CCN(CCOCCOCCOCC(=O)OC(C)(C)C)CC2)s1.CCCOCCOCCOCC(=O)OC(C)(C)C. The van der Waals surface area contributed by atoms with Gasteiger partial charge in [-0.3, -0.25) is 14.5 Å². The van der Waals surface area contributed by atoms with Crippen molar-refractivity contribution in [1.82, 2.24) is 35.5 Å². The fourth-order valence-corrected chi connectivity index (χ4v) is 12.4. The number of para-hydroxylation sites is 2. The lowest BCUT2D eigenvalue weighted by atomic mass is 9.89.